The number of nitrogens with one attached hydrogen (secondary N) is 1. The molecule has 0 aliphatic heterocycles. The number of benzene rings is 1. The van der Waals surface area contributed by atoms with Crippen molar-refractivity contribution >= 4 is 17.1 Å². The number of nitrogen functional groups attached to an aromatic ring is 1. The van der Waals surface area contributed by atoms with Gasteiger partial charge in [-0.15, -0.1) is 0 Å². The highest BCUT2D eigenvalue weighted by molar-refractivity contribution is 5.69. The number of anilines is 2. The molecule has 0 unspecified atom stereocenters. The van der Waals surface area contributed by atoms with Crippen molar-refractivity contribution in [2.75, 3.05) is 11.1 Å². The number of nitrogens with zero attached hydrogens (tertiary/aromatic N) is 2. The number of hydrogen-bond acceptors (Lipinski definition) is 6. The number of aryl methyl sites for hydroxylation is 1. The second kappa shape index (κ2) is 5.38. The maximum absolute atomic E-state index is 10.6. The molecule has 7 nitrogen and oxygen atoms in total. The summed E-state index contributed by atoms with van der Waals surface area (Å²) in [6, 6.07) is 4.28. The van der Waals surface area contributed by atoms with Crippen LogP contribution in [-0.2, 0) is 13.0 Å². The molecule has 0 saturated heterocycles. The van der Waals surface area contributed by atoms with Crippen molar-refractivity contribution in [3.05, 3.63) is 46.2 Å². The lowest BCUT2D eigenvalue weighted by molar-refractivity contribution is -0.384. The molecular weight excluding hydrogens is 248 g/mol. The summed E-state index contributed by atoms with van der Waals surface area (Å²) in [6.45, 7) is 2.36. The summed E-state index contributed by atoms with van der Waals surface area (Å²) >= 11 is 0. The van der Waals surface area contributed by atoms with Crippen LogP contribution in [0.1, 0.15) is 18.6 Å². The molecule has 0 aliphatic rings. The number of hydrogen-bond donors (Lipinski definition) is 2. The van der Waals surface area contributed by atoms with Gasteiger partial charge in [0, 0.05) is 18.6 Å². The van der Waals surface area contributed by atoms with Crippen LogP contribution in [0.3, 0.4) is 0 Å². The Labute approximate surface area is 109 Å². The monoisotopic (exact) mass is 262 g/mol. The third-order valence-electron chi connectivity index (χ3n) is 2.63. The van der Waals surface area contributed by atoms with Gasteiger partial charge in [0.25, 0.3) is 5.69 Å². The summed E-state index contributed by atoms with van der Waals surface area (Å²) in [6.07, 6.45) is 2.46. The van der Waals surface area contributed by atoms with Crippen LogP contribution in [0.2, 0.25) is 0 Å². The van der Waals surface area contributed by atoms with Crippen molar-refractivity contribution in [3.63, 3.8) is 0 Å². The first-order chi connectivity index (χ1) is 9.10. The second-order valence-electron chi connectivity index (χ2n) is 3.96. The van der Waals surface area contributed by atoms with Gasteiger partial charge in [-0.3, -0.25) is 10.1 Å². The third kappa shape index (κ3) is 3.01. The summed E-state index contributed by atoms with van der Waals surface area (Å²) < 4.78 is 5.43. The van der Waals surface area contributed by atoms with E-state index in [9.17, 15) is 10.1 Å². The number of oxazole rings is 1. The van der Waals surface area contributed by atoms with Crippen molar-refractivity contribution in [3.8, 4) is 0 Å². The third-order valence-corrected chi connectivity index (χ3v) is 2.63. The molecule has 0 spiro atoms. The molecule has 1 aromatic heterocycles. The molecule has 0 radical (unpaired) electrons. The maximum atomic E-state index is 10.6. The van der Waals surface area contributed by atoms with Gasteiger partial charge >= 0.3 is 0 Å². The first-order valence-electron chi connectivity index (χ1n) is 5.81. The molecule has 1 aromatic carbocycles. The molecule has 0 aliphatic carbocycles. The van der Waals surface area contributed by atoms with Crippen molar-refractivity contribution in [2.45, 2.75) is 19.9 Å². The van der Waals surface area contributed by atoms with Crippen LogP contribution < -0.4 is 11.1 Å². The highest BCUT2D eigenvalue weighted by atomic mass is 16.6. The molecule has 0 fully saturated rings. The van der Waals surface area contributed by atoms with Crippen LogP contribution in [0.15, 0.2) is 28.8 Å². The molecule has 100 valence electrons. The molecule has 0 bridgehead atoms. The normalized spacial score (nSPS) is 10.4. The molecule has 3 N–H and O–H groups in total. The Morgan fingerprint density at radius 2 is 2.32 bits per heavy atom. The van der Waals surface area contributed by atoms with Gasteiger partial charge in [0.05, 0.1) is 29.0 Å². The van der Waals surface area contributed by atoms with E-state index in [2.05, 4.69) is 10.3 Å². The minimum atomic E-state index is -0.484. The van der Waals surface area contributed by atoms with Gasteiger partial charge in [0.1, 0.15) is 5.76 Å². The fourth-order valence-electron chi connectivity index (χ4n) is 1.59. The molecule has 0 atom stereocenters. The van der Waals surface area contributed by atoms with E-state index in [1.165, 1.54) is 12.1 Å². The first-order valence-corrected chi connectivity index (χ1v) is 5.81. The fourth-order valence-corrected chi connectivity index (χ4v) is 1.59. The lowest BCUT2D eigenvalue weighted by atomic mass is 10.2. The van der Waals surface area contributed by atoms with Gasteiger partial charge in [-0.05, 0) is 6.07 Å². The summed E-state index contributed by atoms with van der Waals surface area (Å²) in [5, 5.41) is 13.6. The number of nitrogens with two attached hydrogens (primary N) is 1. The average molecular weight is 262 g/mol. The van der Waals surface area contributed by atoms with Crippen LogP contribution in [0.25, 0.3) is 0 Å². The Hall–Kier alpha value is -2.57. The SMILES string of the molecule is CCc1cnc(CNc2ccc([N+](=O)[O-])cc2N)o1. The summed E-state index contributed by atoms with van der Waals surface area (Å²) in [7, 11) is 0. The zero-order valence-corrected chi connectivity index (χ0v) is 10.4. The van der Waals surface area contributed by atoms with Crippen LogP contribution >= 0.6 is 0 Å². The van der Waals surface area contributed by atoms with Gasteiger partial charge in [0.2, 0.25) is 5.89 Å². The van der Waals surface area contributed by atoms with Gasteiger partial charge in [-0.25, -0.2) is 4.98 Å². The van der Waals surface area contributed by atoms with Gasteiger partial charge in [0.15, 0.2) is 0 Å². The second-order valence-corrected chi connectivity index (χ2v) is 3.96. The van der Waals surface area contributed by atoms with Gasteiger partial charge < -0.3 is 15.5 Å². The number of non-ortho nitro benzene ring substituents is 1. The Morgan fingerprint density at radius 1 is 1.53 bits per heavy atom. The van der Waals surface area contributed by atoms with Crippen LogP contribution in [0.4, 0.5) is 17.1 Å². The van der Waals surface area contributed by atoms with Crippen LogP contribution in [0, 0.1) is 10.1 Å². The Morgan fingerprint density at radius 3 is 2.89 bits per heavy atom. The predicted molar refractivity (Wildman–Crippen MR) is 70.7 cm³/mol. The molecule has 0 amide bonds. The molecule has 19 heavy (non-hydrogen) atoms. The minimum absolute atomic E-state index is 0.0348. The zero-order chi connectivity index (χ0) is 13.8. The average Bonchev–Trinajstić information content (AvgIpc) is 2.85. The summed E-state index contributed by atoms with van der Waals surface area (Å²) in [4.78, 5) is 14.2. The number of rotatable bonds is 5. The predicted octanol–water partition coefficient (Wildman–Crippen LogP) is 2.34. The maximum Gasteiger partial charge on any atom is 0.271 e. The molecule has 2 rings (SSSR count). The largest absolute Gasteiger partial charge is 0.444 e. The van der Waals surface area contributed by atoms with E-state index in [4.69, 9.17) is 10.2 Å². The fraction of sp³-hybridized carbons (Fsp3) is 0.250. The highest BCUT2D eigenvalue weighted by Gasteiger charge is 2.09. The standard InChI is InChI=1S/C12H14N4O3/c1-2-9-6-15-12(19-9)7-14-11-4-3-8(16(17)18)5-10(11)13/h3-6,14H,2,7,13H2,1H3. The van der Waals surface area contributed by atoms with E-state index < -0.39 is 4.92 Å². The smallest absolute Gasteiger partial charge is 0.271 e. The van der Waals surface area contributed by atoms with E-state index in [1.54, 1.807) is 12.3 Å². The molecule has 7 heteroatoms. The first kappa shape index (κ1) is 12.9. The van der Waals surface area contributed by atoms with E-state index in [1.807, 2.05) is 6.92 Å². The molecule has 0 saturated carbocycles. The lowest BCUT2D eigenvalue weighted by Crippen LogP contribution is -2.03. The topological polar surface area (TPSA) is 107 Å². The lowest BCUT2D eigenvalue weighted by Gasteiger charge is -2.06. The summed E-state index contributed by atoms with van der Waals surface area (Å²) in [5.41, 5.74) is 6.63. The van der Waals surface area contributed by atoms with Crippen molar-refractivity contribution in [2.24, 2.45) is 0 Å². The molecule has 1 heterocycles. The van der Waals surface area contributed by atoms with Gasteiger partial charge in [-0.1, -0.05) is 6.92 Å². The zero-order valence-electron chi connectivity index (χ0n) is 10.4. The quantitative estimate of drug-likeness (QED) is 0.486. The summed E-state index contributed by atoms with van der Waals surface area (Å²) in [5.74, 6) is 1.36. The Kier molecular flexibility index (Phi) is 3.65. The highest BCUT2D eigenvalue weighted by Crippen LogP contribution is 2.24. The van der Waals surface area contributed by atoms with E-state index in [-0.39, 0.29) is 5.69 Å². The minimum Gasteiger partial charge on any atom is -0.444 e. The molecular formula is C12H14N4O3. The number of aromatic nitrogens is 1. The van der Waals surface area contributed by atoms with E-state index in [0.29, 0.717) is 23.8 Å². The van der Waals surface area contributed by atoms with Crippen LogP contribution in [0.5, 0.6) is 0 Å². The number of nitro groups is 1. The van der Waals surface area contributed by atoms with Crippen molar-refractivity contribution in [1.82, 2.24) is 4.98 Å². The Balaban J connectivity index is 2.05. The molecule has 2 aromatic rings. The van der Waals surface area contributed by atoms with Crippen molar-refractivity contribution < 1.29 is 9.34 Å². The van der Waals surface area contributed by atoms with Crippen LogP contribution in [-0.4, -0.2) is 9.91 Å². The van der Waals surface area contributed by atoms with E-state index >= 15 is 0 Å². The van der Waals surface area contributed by atoms with Gasteiger partial charge in [-0.2, -0.15) is 0 Å². The van der Waals surface area contributed by atoms with E-state index in [0.717, 1.165) is 12.2 Å². The number of nitro benzene ring substituents is 1. The van der Waals surface area contributed by atoms with Crippen molar-refractivity contribution in [1.29, 1.82) is 0 Å². The Bertz CT molecular complexity index is 594.